The Morgan fingerprint density at radius 3 is 2.38 bits per heavy atom. The standard InChI is InChI=1S/C7H12F2N2O2/c1-4(3-10)2-7(11,5(8)9)6(12)13/h2,5H,3,10-11H2,1H3,(H,12,13)/b4-2+. The van der Waals surface area contributed by atoms with Crippen LogP contribution in [-0.4, -0.2) is 29.6 Å². The average Bonchev–Trinajstić information content (AvgIpc) is 2.03. The van der Waals surface area contributed by atoms with E-state index in [0.29, 0.717) is 5.57 Å². The second-order valence-electron chi connectivity index (χ2n) is 2.73. The number of carboxylic acid groups (broad SMARTS) is 1. The second kappa shape index (κ2) is 4.29. The van der Waals surface area contributed by atoms with Crippen molar-refractivity contribution in [3.05, 3.63) is 11.6 Å². The molecule has 6 heteroatoms. The molecular weight excluding hydrogens is 182 g/mol. The molecule has 0 aliphatic heterocycles. The first-order valence-corrected chi connectivity index (χ1v) is 3.53. The number of alkyl halides is 2. The van der Waals surface area contributed by atoms with Crippen molar-refractivity contribution in [3.63, 3.8) is 0 Å². The van der Waals surface area contributed by atoms with E-state index in [-0.39, 0.29) is 6.54 Å². The van der Waals surface area contributed by atoms with Gasteiger partial charge in [-0.2, -0.15) is 0 Å². The van der Waals surface area contributed by atoms with Gasteiger partial charge in [-0.05, 0) is 13.0 Å². The molecule has 0 radical (unpaired) electrons. The highest BCUT2D eigenvalue weighted by Crippen LogP contribution is 2.16. The van der Waals surface area contributed by atoms with Gasteiger partial charge in [-0.3, -0.25) is 0 Å². The molecule has 0 bridgehead atoms. The normalized spacial score (nSPS) is 17.2. The Morgan fingerprint density at radius 1 is 1.69 bits per heavy atom. The molecule has 0 spiro atoms. The Kier molecular flexibility index (Phi) is 3.96. The highest BCUT2D eigenvalue weighted by atomic mass is 19.3. The maximum atomic E-state index is 12.2. The number of carbonyl (C=O) groups is 1. The van der Waals surface area contributed by atoms with Gasteiger partial charge >= 0.3 is 5.97 Å². The van der Waals surface area contributed by atoms with E-state index in [4.69, 9.17) is 16.6 Å². The first-order chi connectivity index (χ1) is 5.84. The van der Waals surface area contributed by atoms with Crippen molar-refractivity contribution < 1.29 is 18.7 Å². The highest BCUT2D eigenvalue weighted by Gasteiger charge is 2.41. The van der Waals surface area contributed by atoms with Crippen LogP contribution in [0.25, 0.3) is 0 Å². The van der Waals surface area contributed by atoms with Crippen molar-refractivity contribution in [2.24, 2.45) is 11.5 Å². The molecule has 0 rings (SSSR count). The van der Waals surface area contributed by atoms with Gasteiger partial charge in [-0.1, -0.05) is 5.57 Å². The largest absolute Gasteiger partial charge is 0.479 e. The molecule has 0 amide bonds. The first-order valence-electron chi connectivity index (χ1n) is 3.53. The third-order valence-electron chi connectivity index (χ3n) is 1.54. The summed E-state index contributed by atoms with van der Waals surface area (Å²) in [5.74, 6) is -1.77. The van der Waals surface area contributed by atoms with Gasteiger partial charge in [0.05, 0.1) is 0 Å². The molecule has 0 aromatic heterocycles. The summed E-state index contributed by atoms with van der Waals surface area (Å²) in [7, 11) is 0. The van der Waals surface area contributed by atoms with Crippen LogP contribution in [0.4, 0.5) is 8.78 Å². The van der Waals surface area contributed by atoms with Crippen molar-refractivity contribution in [2.45, 2.75) is 18.9 Å². The molecule has 76 valence electrons. The van der Waals surface area contributed by atoms with Crippen molar-refractivity contribution in [2.75, 3.05) is 6.54 Å². The second-order valence-corrected chi connectivity index (χ2v) is 2.73. The van der Waals surface area contributed by atoms with E-state index in [1.807, 2.05) is 0 Å². The lowest BCUT2D eigenvalue weighted by Crippen LogP contribution is -2.52. The molecule has 13 heavy (non-hydrogen) atoms. The fraction of sp³-hybridized carbons (Fsp3) is 0.571. The maximum Gasteiger partial charge on any atom is 0.333 e. The van der Waals surface area contributed by atoms with Crippen LogP contribution in [0.2, 0.25) is 0 Å². The number of rotatable bonds is 4. The molecule has 0 fully saturated rings. The molecule has 0 aromatic rings. The van der Waals surface area contributed by atoms with Crippen molar-refractivity contribution >= 4 is 5.97 Å². The van der Waals surface area contributed by atoms with E-state index in [2.05, 4.69) is 0 Å². The van der Waals surface area contributed by atoms with Gasteiger partial charge in [-0.15, -0.1) is 0 Å². The van der Waals surface area contributed by atoms with E-state index >= 15 is 0 Å². The molecule has 1 atom stereocenters. The average molecular weight is 194 g/mol. The third-order valence-corrected chi connectivity index (χ3v) is 1.54. The molecule has 0 saturated heterocycles. The lowest BCUT2D eigenvalue weighted by atomic mass is 9.99. The van der Waals surface area contributed by atoms with Gasteiger partial charge in [0.2, 0.25) is 0 Å². The van der Waals surface area contributed by atoms with Gasteiger partial charge in [0, 0.05) is 6.54 Å². The van der Waals surface area contributed by atoms with E-state index in [0.717, 1.165) is 6.08 Å². The SMILES string of the molecule is C/C(=C\C(N)(C(=O)O)C(F)F)CN. The highest BCUT2D eigenvalue weighted by molar-refractivity contribution is 5.82. The Hall–Kier alpha value is -1.01. The van der Waals surface area contributed by atoms with Crippen molar-refractivity contribution in [1.29, 1.82) is 0 Å². The van der Waals surface area contributed by atoms with Gasteiger partial charge < -0.3 is 16.6 Å². The summed E-state index contributed by atoms with van der Waals surface area (Å²) < 4.78 is 24.5. The fourth-order valence-electron chi connectivity index (χ4n) is 0.685. The van der Waals surface area contributed by atoms with Gasteiger partial charge in [0.1, 0.15) is 0 Å². The summed E-state index contributed by atoms with van der Waals surface area (Å²) in [6.07, 6.45) is -2.38. The fourth-order valence-corrected chi connectivity index (χ4v) is 0.685. The van der Waals surface area contributed by atoms with Crippen LogP contribution < -0.4 is 11.5 Å². The van der Waals surface area contributed by atoms with Crippen molar-refractivity contribution in [3.8, 4) is 0 Å². The third kappa shape index (κ3) is 2.74. The number of carboxylic acids is 1. The quantitative estimate of drug-likeness (QED) is 0.547. The zero-order chi connectivity index (χ0) is 10.6. The molecule has 0 heterocycles. The summed E-state index contributed by atoms with van der Waals surface area (Å²) in [5.41, 5.74) is 7.77. The predicted octanol–water partition coefficient (Wildman–Crippen LogP) is -0.0614. The minimum absolute atomic E-state index is 0.00104. The van der Waals surface area contributed by atoms with E-state index in [1.165, 1.54) is 6.92 Å². The Morgan fingerprint density at radius 2 is 2.15 bits per heavy atom. The Bertz CT molecular complexity index is 231. The lowest BCUT2D eigenvalue weighted by Gasteiger charge is -2.20. The molecule has 1 unspecified atom stereocenters. The minimum Gasteiger partial charge on any atom is -0.479 e. The number of hydrogen-bond donors (Lipinski definition) is 3. The molecule has 5 N–H and O–H groups in total. The summed E-state index contributed by atoms with van der Waals surface area (Å²) in [4.78, 5) is 10.4. The van der Waals surface area contributed by atoms with Crippen LogP contribution >= 0.6 is 0 Å². The van der Waals surface area contributed by atoms with Gasteiger partial charge in [0.25, 0.3) is 6.43 Å². The number of aliphatic carboxylic acids is 1. The molecular formula is C7H12F2N2O2. The maximum absolute atomic E-state index is 12.2. The number of halogens is 2. The summed E-state index contributed by atoms with van der Waals surface area (Å²) in [6.45, 7) is 1.44. The van der Waals surface area contributed by atoms with Crippen LogP contribution in [0.15, 0.2) is 11.6 Å². The van der Waals surface area contributed by atoms with E-state index in [1.54, 1.807) is 0 Å². The molecule has 0 aliphatic rings. The summed E-state index contributed by atoms with van der Waals surface area (Å²) >= 11 is 0. The van der Waals surface area contributed by atoms with Crippen LogP contribution in [-0.2, 0) is 4.79 Å². The smallest absolute Gasteiger partial charge is 0.333 e. The summed E-state index contributed by atoms with van der Waals surface area (Å²) in [6, 6.07) is 0. The minimum atomic E-state index is -3.16. The van der Waals surface area contributed by atoms with Gasteiger partial charge in [0.15, 0.2) is 5.54 Å². The predicted molar refractivity (Wildman–Crippen MR) is 43.4 cm³/mol. The van der Waals surface area contributed by atoms with Crippen LogP contribution in [0.1, 0.15) is 6.92 Å². The zero-order valence-corrected chi connectivity index (χ0v) is 7.13. The van der Waals surface area contributed by atoms with Gasteiger partial charge in [-0.25, -0.2) is 13.6 Å². The first kappa shape index (κ1) is 12.0. The van der Waals surface area contributed by atoms with Crippen LogP contribution in [0.5, 0.6) is 0 Å². The topological polar surface area (TPSA) is 89.3 Å². The molecule has 0 saturated carbocycles. The number of hydrogen-bond acceptors (Lipinski definition) is 3. The Balaban J connectivity index is 4.92. The zero-order valence-electron chi connectivity index (χ0n) is 7.13. The monoisotopic (exact) mass is 194 g/mol. The lowest BCUT2D eigenvalue weighted by molar-refractivity contribution is -0.146. The van der Waals surface area contributed by atoms with E-state index < -0.39 is 17.9 Å². The molecule has 0 aliphatic carbocycles. The number of nitrogens with two attached hydrogens (primary N) is 2. The van der Waals surface area contributed by atoms with E-state index in [9.17, 15) is 13.6 Å². The van der Waals surface area contributed by atoms with Crippen LogP contribution in [0, 0.1) is 0 Å². The van der Waals surface area contributed by atoms with Crippen molar-refractivity contribution in [1.82, 2.24) is 0 Å². The van der Waals surface area contributed by atoms with Crippen LogP contribution in [0.3, 0.4) is 0 Å². The molecule has 4 nitrogen and oxygen atoms in total. The Labute approximate surface area is 74.2 Å². The summed E-state index contributed by atoms with van der Waals surface area (Å²) in [5, 5.41) is 8.46. The molecule has 0 aromatic carbocycles.